The number of rotatable bonds is 5. The van der Waals surface area contributed by atoms with E-state index in [0.29, 0.717) is 11.0 Å². The minimum atomic E-state index is -0.498. The largest absolute Gasteiger partial charge is 0.336 e. The van der Waals surface area contributed by atoms with Crippen molar-refractivity contribution in [3.63, 3.8) is 0 Å². The van der Waals surface area contributed by atoms with Crippen LogP contribution in [0.5, 0.6) is 0 Å². The Labute approximate surface area is 156 Å². The third-order valence-corrected chi connectivity index (χ3v) is 5.26. The van der Waals surface area contributed by atoms with Gasteiger partial charge in [0.2, 0.25) is 11.1 Å². The number of hydrogen-bond donors (Lipinski definition) is 2. The van der Waals surface area contributed by atoms with Gasteiger partial charge in [-0.25, -0.2) is 4.68 Å². The molecular formula is C19H21N5OS. The number of nitrogen functional groups attached to an aromatic ring is 1. The summed E-state index contributed by atoms with van der Waals surface area (Å²) in [5.74, 6) is 6.43. The van der Waals surface area contributed by atoms with Gasteiger partial charge in [0.05, 0.1) is 0 Å². The van der Waals surface area contributed by atoms with Crippen molar-refractivity contribution >= 4 is 23.4 Å². The molecule has 1 aromatic heterocycles. The van der Waals surface area contributed by atoms with E-state index in [1.807, 2.05) is 62.4 Å². The Balaban J connectivity index is 1.91. The van der Waals surface area contributed by atoms with Crippen LogP contribution in [0.25, 0.3) is 0 Å². The van der Waals surface area contributed by atoms with Crippen LogP contribution in [0.15, 0.2) is 53.7 Å². The first-order chi connectivity index (χ1) is 12.5. The number of carbonyl (C=O) groups excluding carboxylic acids is 1. The number of hydrogen-bond acceptors (Lipinski definition) is 5. The summed E-state index contributed by atoms with van der Waals surface area (Å²) in [4.78, 5) is 13.1. The second-order valence-electron chi connectivity index (χ2n) is 6.12. The number of benzene rings is 2. The van der Waals surface area contributed by atoms with Crippen LogP contribution in [0.4, 0.5) is 5.69 Å². The standard InChI is InChI=1S/C19H21N5OS/c1-12-9-10-13(2)16(11-12)21-18(25)17(15-7-5-4-6-8-15)26-19-23-22-14(3)24(19)20/h4-11,17H,20H2,1-3H3,(H,21,25)/t17-/m0/s1. The summed E-state index contributed by atoms with van der Waals surface area (Å²) in [5, 5.41) is 11.1. The molecule has 3 N–H and O–H groups in total. The fourth-order valence-electron chi connectivity index (χ4n) is 2.51. The van der Waals surface area contributed by atoms with Gasteiger partial charge in [-0.3, -0.25) is 4.79 Å². The average Bonchev–Trinajstić information content (AvgIpc) is 2.95. The maximum atomic E-state index is 13.1. The van der Waals surface area contributed by atoms with Gasteiger partial charge in [0.1, 0.15) is 11.1 Å². The summed E-state index contributed by atoms with van der Waals surface area (Å²) < 4.78 is 1.39. The zero-order valence-corrected chi connectivity index (χ0v) is 15.7. The molecule has 0 saturated heterocycles. The lowest BCUT2D eigenvalue weighted by Gasteiger charge is -2.17. The van der Waals surface area contributed by atoms with Crippen LogP contribution >= 0.6 is 11.8 Å². The maximum absolute atomic E-state index is 13.1. The quantitative estimate of drug-likeness (QED) is 0.533. The predicted octanol–water partition coefficient (Wildman–Crippen LogP) is 3.39. The first-order valence-electron chi connectivity index (χ1n) is 8.22. The second-order valence-corrected chi connectivity index (χ2v) is 7.19. The van der Waals surface area contributed by atoms with E-state index < -0.39 is 5.25 Å². The molecule has 3 rings (SSSR count). The van der Waals surface area contributed by atoms with Gasteiger partial charge in [-0.15, -0.1) is 10.2 Å². The summed E-state index contributed by atoms with van der Waals surface area (Å²) in [5.41, 5.74) is 3.79. The minimum Gasteiger partial charge on any atom is -0.336 e. The molecule has 0 aliphatic heterocycles. The molecule has 1 atom stereocenters. The van der Waals surface area contributed by atoms with Crippen LogP contribution in [-0.4, -0.2) is 20.8 Å². The van der Waals surface area contributed by atoms with Crippen LogP contribution in [0.2, 0.25) is 0 Å². The Hall–Kier alpha value is -2.80. The van der Waals surface area contributed by atoms with Gasteiger partial charge < -0.3 is 11.2 Å². The summed E-state index contributed by atoms with van der Waals surface area (Å²) >= 11 is 1.28. The average molecular weight is 367 g/mol. The Morgan fingerprint density at radius 3 is 2.50 bits per heavy atom. The molecule has 134 valence electrons. The van der Waals surface area contributed by atoms with Crippen molar-refractivity contribution in [3.8, 4) is 0 Å². The number of thioether (sulfide) groups is 1. The van der Waals surface area contributed by atoms with E-state index in [-0.39, 0.29) is 5.91 Å². The van der Waals surface area contributed by atoms with Crippen molar-refractivity contribution in [2.75, 3.05) is 11.2 Å². The number of carbonyl (C=O) groups is 1. The van der Waals surface area contributed by atoms with Crippen molar-refractivity contribution in [2.45, 2.75) is 31.2 Å². The van der Waals surface area contributed by atoms with Gasteiger partial charge >= 0.3 is 0 Å². The van der Waals surface area contributed by atoms with Gasteiger partial charge in [-0.1, -0.05) is 54.2 Å². The van der Waals surface area contributed by atoms with E-state index in [9.17, 15) is 4.79 Å². The lowest BCUT2D eigenvalue weighted by Crippen LogP contribution is -2.21. The molecule has 0 bridgehead atoms. The number of anilines is 1. The molecule has 3 aromatic rings. The van der Waals surface area contributed by atoms with Gasteiger partial charge in [0.25, 0.3) is 0 Å². The summed E-state index contributed by atoms with van der Waals surface area (Å²) in [6.07, 6.45) is 0. The fraction of sp³-hybridized carbons (Fsp3) is 0.211. The van der Waals surface area contributed by atoms with E-state index >= 15 is 0 Å². The fourth-order valence-corrected chi connectivity index (χ4v) is 3.51. The highest BCUT2D eigenvalue weighted by Gasteiger charge is 2.25. The molecule has 26 heavy (non-hydrogen) atoms. The normalized spacial score (nSPS) is 12.0. The molecule has 0 radical (unpaired) electrons. The SMILES string of the molecule is Cc1ccc(C)c(NC(=O)[C@@H](Sc2nnc(C)n2N)c2ccccc2)c1. The van der Waals surface area contributed by atoms with Gasteiger partial charge in [-0.05, 0) is 43.5 Å². The molecule has 2 aromatic carbocycles. The van der Waals surface area contributed by atoms with E-state index in [0.717, 1.165) is 22.4 Å². The highest BCUT2D eigenvalue weighted by Crippen LogP contribution is 2.35. The highest BCUT2D eigenvalue weighted by molar-refractivity contribution is 8.00. The summed E-state index contributed by atoms with van der Waals surface area (Å²) in [7, 11) is 0. The molecule has 1 amide bonds. The first kappa shape index (κ1) is 18.0. The summed E-state index contributed by atoms with van der Waals surface area (Å²) in [6, 6.07) is 15.6. The lowest BCUT2D eigenvalue weighted by atomic mass is 10.1. The number of aryl methyl sites for hydroxylation is 3. The van der Waals surface area contributed by atoms with Gasteiger partial charge in [0.15, 0.2) is 0 Å². The smallest absolute Gasteiger partial charge is 0.242 e. The molecule has 7 heteroatoms. The molecule has 0 fully saturated rings. The van der Waals surface area contributed by atoms with Crippen molar-refractivity contribution in [3.05, 3.63) is 71.0 Å². The molecule has 0 aliphatic carbocycles. The molecule has 0 unspecified atom stereocenters. The van der Waals surface area contributed by atoms with E-state index in [4.69, 9.17) is 5.84 Å². The van der Waals surface area contributed by atoms with E-state index in [2.05, 4.69) is 15.5 Å². The van der Waals surface area contributed by atoms with Crippen molar-refractivity contribution in [1.29, 1.82) is 0 Å². The Morgan fingerprint density at radius 2 is 1.85 bits per heavy atom. The lowest BCUT2D eigenvalue weighted by molar-refractivity contribution is -0.115. The zero-order chi connectivity index (χ0) is 18.7. The van der Waals surface area contributed by atoms with E-state index in [1.165, 1.54) is 16.4 Å². The van der Waals surface area contributed by atoms with E-state index in [1.54, 1.807) is 6.92 Å². The van der Waals surface area contributed by atoms with Crippen molar-refractivity contribution in [1.82, 2.24) is 14.9 Å². The molecule has 6 nitrogen and oxygen atoms in total. The predicted molar refractivity (Wildman–Crippen MR) is 104 cm³/mol. The minimum absolute atomic E-state index is 0.129. The van der Waals surface area contributed by atoms with Gasteiger partial charge in [0, 0.05) is 5.69 Å². The van der Waals surface area contributed by atoms with Crippen molar-refractivity contribution in [2.24, 2.45) is 0 Å². The molecule has 0 aliphatic rings. The second kappa shape index (κ2) is 7.61. The third-order valence-electron chi connectivity index (χ3n) is 4.05. The molecule has 1 heterocycles. The maximum Gasteiger partial charge on any atom is 0.242 e. The number of nitrogens with two attached hydrogens (primary N) is 1. The van der Waals surface area contributed by atoms with Crippen molar-refractivity contribution < 1.29 is 4.79 Å². The zero-order valence-electron chi connectivity index (χ0n) is 14.9. The third kappa shape index (κ3) is 3.88. The number of nitrogens with zero attached hydrogens (tertiary/aromatic N) is 3. The molecular weight excluding hydrogens is 346 g/mol. The number of aromatic nitrogens is 3. The van der Waals surface area contributed by atoms with Gasteiger partial charge in [-0.2, -0.15) is 0 Å². The monoisotopic (exact) mass is 367 g/mol. The van der Waals surface area contributed by atoms with Crippen LogP contribution in [0.1, 0.15) is 27.8 Å². The topological polar surface area (TPSA) is 85.8 Å². The van der Waals surface area contributed by atoms with Crippen LogP contribution in [-0.2, 0) is 4.79 Å². The summed E-state index contributed by atoms with van der Waals surface area (Å²) in [6.45, 7) is 5.74. The Morgan fingerprint density at radius 1 is 1.12 bits per heavy atom. The Kier molecular flexibility index (Phi) is 5.27. The van der Waals surface area contributed by atoms with Crippen LogP contribution in [0, 0.1) is 20.8 Å². The highest BCUT2D eigenvalue weighted by atomic mass is 32.2. The van der Waals surface area contributed by atoms with Crippen LogP contribution < -0.4 is 11.2 Å². The molecule has 0 spiro atoms. The van der Waals surface area contributed by atoms with Crippen LogP contribution in [0.3, 0.4) is 0 Å². The Bertz CT molecular complexity index is 923. The molecule has 0 saturated carbocycles. The first-order valence-corrected chi connectivity index (χ1v) is 9.10. The number of nitrogens with one attached hydrogen (secondary N) is 1. The number of amides is 1.